The number of pyridine rings is 1. The normalized spacial score (nSPS) is 13.0. The Morgan fingerprint density at radius 1 is 1.43 bits per heavy atom. The van der Waals surface area contributed by atoms with Crippen molar-refractivity contribution in [2.24, 2.45) is 0 Å². The third-order valence-corrected chi connectivity index (χ3v) is 2.91. The van der Waals surface area contributed by atoms with E-state index in [0.717, 1.165) is 18.5 Å². The second-order valence-corrected chi connectivity index (χ2v) is 5.24. The Kier molecular flexibility index (Phi) is 5.42. The van der Waals surface area contributed by atoms with E-state index in [-0.39, 0.29) is 39.5 Å². The maximum Gasteiger partial charge on any atom is 1.00 e. The van der Waals surface area contributed by atoms with Crippen LogP contribution in [0.1, 0.15) is 0 Å². The number of hydrogen-bond acceptors (Lipinski definition) is 5. The maximum atomic E-state index is 10.9. The van der Waals surface area contributed by atoms with Gasteiger partial charge in [0.1, 0.15) is 0 Å². The van der Waals surface area contributed by atoms with Crippen LogP contribution in [0.3, 0.4) is 0 Å². The second-order valence-electron chi connectivity index (χ2n) is 2.34. The first-order chi connectivity index (χ1) is 5.91. The standard InChI is InChI=1S/C6H7NO4S2.Na/c1-13(10,11)6-3-2-5(4-7-6)12(8)9;/h2-4H,1H3,(H,8,9);/q;+1/p-1. The Morgan fingerprint density at radius 2 is 2.00 bits per heavy atom. The number of hydrogen-bond donors (Lipinski definition) is 0. The first-order valence-corrected chi connectivity index (χ1v) is 6.13. The van der Waals surface area contributed by atoms with E-state index in [1.165, 1.54) is 6.07 Å². The summed E-state index contributed by atoms with van der Waals surface area (Å²) in [6.07, 6.45) is 2.00. The molecule has 0 fully saturated rings. The minimum Gasteiger partial charge on any atom is -0.768 e. The van der Waals surface area contributed by atoms with Crippen LogP contribution < -0.4 is 29.6 Å². The third-order valence-electron chi connectivity index (χ3n) is 1.28. The van der Waals surface area contributed by atoms with Crippen LogP contribution in [0.25, 0.3) is 0 Å². The Labute approximate surface area is 106 Å². The van der Waals surface area contributed by atoms with E-state index in [1.54, 1.807) is 0 Å². The van der Waals surface area contributed by atoms with E-state index in [9.17, 15) is 17.2 Å². The van der Waals surface area contributed by atoms with Crippen molar-refractivity contribution in [1.29, 1.82) is 0 Å². The zero-order valence-corrected chi connectivity index (χ0v) is 11.3. The van der Waals surface area contributed by atoms with E-state index in [4.69, 9.17) is 0 Å². The fourth-order valence-electron chi connectivity index (χ4n) is 0.685. The molecular weight excluding hydrogens is 237 g/mol. The summed E-state index contributed by atoms with van der Waals surface area (Å²) >= 11 is -2.37. The van der Waals surface area contributed by atoms with E-state index in [2.05, 4.69) is 4.98 Å². The minimum absolute atomic E-state index is 0. The molecule has 0 aliphatic rings. The summed E-state index contributed by atoms with van der Waals surface area (Å²) < 4.78 is 42.5. The van der Waals surface area contributed by atoms with Crippen LogP contribution >= 0.6 is 0 Å². The van der Waals surface area contributed by atoms with Gasteiger partial charge in [0.15, 0.2) is 14.9 Å². The minimum atomic E-state index is -3.36. The smallest absolute Gasteiger partial charge is 0.768 e. The Hall–Kier alpha value is 0.210. The zero-order valence-electron chi connectivity index (χ0n) is 7.63. The molecule has 1 unspecified atom stereocenters. The predicted octanol–water partition coefficient (Wildman–Crippen LogP) is -3.27. The monoisotopic (exact) mass is 243 g/mol. The van der Waals surface area contributed by atoms with Crippen molar-refractivity contribution in [2.75, 3.05) is 6.26 Å². The van der Waals surface area contributed by atoms with Crippen molar-refractivity contribution >= 4 is 20.9 Å². The Bertz CT molecular complexity index is 428. The van der Waals surface area contributed by atoms with Gasteiger partial charge in [0, 0.05) is 17.3 Å². The number of rotatable bonds is 2. The zero-order chi connectivity index (χ0) is 10.1. The third kappa shape index (κ3) is 3.76. The number of nitrogens with zero attached hydrogens (tertiary/aromatic N) is 1. The molecule has 1 atom stereocenters. The topological polar surface area (TPSA) is 87.2 Å². The molecule has 0 spiro atoms. The van der Waals surface area contributed by atoms with Gasteiger partial charge in [0.25, 0.3) is 0 Å². The van der Waals surface area contributed by atoms with E-state index in [0.29, 0.717) is 0 Å². The molecule has 1 aromatic heterocycles. The quantitative estimate of drug-likeness (QED) is 0.402. The average molecular weight is 243 g/mol. The van der Waals surface area contributed by atoms with Gasteiger partial charge in [-0.1, -0.05) is 0 Å². The molecule has 0 aliphatic carbocycles. The van der Waals surface area contributed by atoms with Gasteiger partial charge in [0.2, 0.25) is 0 Å². The molecule has 0 N–H and O–H groups in total. The summed E-state index contributed by atoms with van der Waals surface area (Å²) in [6, 6.07) is 2.34. The fourth-order valence-corrected chi connectivity index (χ4v) is 1.56. The molecule has 1 heterocycles. The summed E-state index contributed by atoms with van der Waals surface area (Å²) in [5, 5.41) is -0.137. The molecule has 1 rings (SSSR count). The van der Waals surface area contributed by atoms with Crippen molar-refractivity contribution in [3.05, 3.63) is 18.3 Å². The molecule has 0 bridgehead atoms. The molecule has 0 radical (unpaired) electrons. The number of sulfone groups is 1. The molecule has 0 aliphatic heterocycles. The largest absolute Gasteiger partial charge is 1.00 e. The Balaban J connectivity index is 0.00000169. The van der Waals surface area contributed by atoms with Crippen molar-refractivity contribution in [3.63, 3.8) is 0 Å². The van der Waals surface area contributed by atoms with Gasteiger partial charge in [-0.15, -0.1) is 0 Å². The molecule has 0 aromatic carbocycles. The number of aromatic nitrogens is 1. The van der Waals surface area contributed by atoms with Gasteiger partial charge < -0.3 is 4.55 Å². The van der Waals surface area contributed by atoms with Crippen LogP contribution in [0.4, 0.5) is 0 Å². The van der Waals surface area contributed by atoms with Gasteiger partial charge in [-0.05, 0) is 23.2 Å². The van der Waals surface area contributed by atoms with Crippen LogP contribution in [0, 0.1) is 0 Å². The van der Waals surface area contributed by atoms with Crippen LogP contribution in [-0.2, 0) is 20.9 Å². The van der Waals surface area contributed by atoms with Gasteiger partial charge in [-0.25, -0.2) is 13.4 Å². The van der Waals surface area contributed by atoms with Gasteiger partial charge in [-0.2, -0.15) is 0 Å². The van der Waals surface area contributed by atoms with Crippen molar-refractivity contribution in [3.8, 4) is 0 Å². The molecule has 0 saturated carbocycles. The summed E-state index contributed by atoms with van der Waals surface area (Å²) in [7, 11) is -3.36. The van der Waals surface area contributed by atoms with Crippen LogP contribution in [0.15, 0.2) is 28.3 Å². The second kappa shape index (κ2) is 5.34. The summed E-state index contributed by atoms with van der Waals surface area (Å²) in [4.78, 5) is 3.46. The molecule has 14 heavy (non-hydrogen) atoms. The van der Waals surface area contributed by atoms with Gasteiger partial charge in [-0.3, -0.25) is 4.21 Å². The van der Waals surface area contributed by atoms with Crippen LogP contribution in [-0.4, -0.2) is 28.4 Å². The first kappa shape index (κ1) is 14.2. The molecule has 5 nitrogen and oxygen atoms in total. The van der Waals surface area contributed by atoms with Crippen molar-refractivity contribution in [2.45, 2.75) is 9.92 Å². The van der Waals surface area contributed by atoms with E-state index >= 15 is 0 Å². The molecule has 8 heteroatoms. The van der Waals surface area contributed by atoms with Crippen molar-refractivity contribution < 1.29 is 46.7 Å². The Morgan fingerprint density at radius 3 is 2.29 bits per heavy atom. The van der Waals surface area contributed by atoms with E-state index < -0.39 is 20.9 Å². The van der Waals surface area contributed by atoms with Gasteiger partial charge in [0.05, 0.1) is 0 Å². The van der Waals surface area contributed by atoms with Crippen LogP contribution in [0.2, 0.25) is 0 Å². The molecule has 72 valence electrons. The fraction of sp³-hybridized carbons (Fsp3) is 0.167. The molecule has 0 amide bonds. The summed E-state index contributed by atoms with van der Waals surface area (Å²) in [5.41, 5.74) is 0. The van der Waals surface area contributed by atoms with Crippen molar-refractivity contribution in [1.82, 2.24) is 4.98 Å². The molecular formula is C6H6NNaO4S2. The predicted molar refractivity (Wildman–Crippen MR) is 44.5 cm³/mol. The van der Waals surface area contributed by atoms with Crippen LogP contribution in [0.5, 0.6) is 0 Å². The average Bonchev–Trinajstić information content (AvgIpc) is 2.03. The van der Waals surface area contributed by atoms with Gasteiger partial charge >= 0.3 is 29.6 Å². The molecule has 0 saturated heterocycles. The van der Waals surface area contributed by atoms with E-state index in [1.807, 2.05) is 0 Å². The SMILES string of the molecule is CS(=O)(=O)c1ccc(S(=O)[O-])cn1.[Na+]. The summed E-state index contributed by atoms with van der Waals surface area (Å²) in [5.74, 6) is 0. The summed E-state index contributed by atoms with van der Waals surface area (Å²) in [6.45, 7) is 0. The maximum absolute atomic E-state index is 10.9. The first-order valence-electron chi connectivity index (χ1n) is 3.16. The molecule has 1 aromatic rings.